The summed E-state index contributed by atoms with van der Waals surface area (Å²) in [6.07, 6.45) is 1.87. The zero-order valence-corrected chi connectivity index (χ0v) is 9.76. The quantitative estimate of drug-likeness (QED) is 0.444. The molecule has 0 aliphatic heterocycles. The Morgan fingerprint density at radius 3 is 2.18 bits per heavy atom. The van der Waals surface area contributed by atoms with Crippen LogP contribution >= 0.6 is 0 Å². The number of nitrogens with zero attached hydrogens (tertiary/aromatic N) is 2. The summed E-state index contributed by atoms with van der Waals surface area (Å²) in [7, 11) is 4.34. The summed E-state index contributed by atoms with van der Waals surface area (Å²) >= 11 is 0. The third-order valence-corrected chi connectivity index (χ3v) is 1.66. The molecule has 0 bridgehead atoms. The Bertz CT molecular complexity index is 127. The van der Waals surface area contributed by atoms with Gasteiger partial charge in [-0.05, 0) is 6.42 Å². The first-order valence-corrected chi connectivity index (χ1v) is 3.81. The van der Waals surface area contributed by atoms with Crippen molar-refractivity contribution in [1.82, 2.24) is 0 Å². The Morgan fingerprint density at radius 2 is 1.82 bits per heavy atom. The number of quaternary nitrogens is 1. The maximum Gasteiger partial charge on any atom is 0.0914 e. The van der Waals surface area contributed by atoms with Crippen molar-refractivity contribution in [3.05, 3.63) is 0 Å². The first-order valence-electron chi connectivity index (χ1n) is 3.81. The molecule has 0 unspecified atom stereocenters. The Morgan fingerprint density at radius 1 is 1.27 bits per heavy atom. The molecule has 0 aromatic heterocycles. The van der Waals surface area contributed by atoms with Crippen molar-refractivity contribution in [2.24, 2.45) is 0 Å². The molecule has 2 nitrogen and oxygen atoms in total. The minimum Gasteiger partial charge on any atom is -1.00 e. The van der Waals surface area contributed by atoms with E-state index in [9.17, 15) is 0 Å². The summed E-state index contributed by atoms with van der Waals surface area (Å²) in [5.74, 6) is 0. The van der Waals surface area contributed by atoms with Gasteiger partial charge in [0.2, 0.25) is 0 Å². The number of hydrogen-bond acceptors (Lipinski definition) is 1. The third-order valence-electron chi connectivity index (χ3n) is 1.66. The third kappa shape index (κ3) is 8.08. The van der Waals surface area contributed by atoms with E-state index < -0.39 is 0 Å². The van der Waals surface area contributed by atoms with Crippen LogP contribution in [0.15, 0.2) is 0 Å². The van der Waals surface area contributed by atoms with Crippen molar-refractivity contribution >= 4 is 0 Å². The van der Waals surface area contributed by atoms with Crippen LogP contribution in [0.25, 0.3) is 0 Å². The second-order valence-corrected chi connectivity index (χ2v) is 3.29. The van der Waals surface area contributed by atoms with Crippen molar-refractivity contribution in [3.8, 4) is 6.07 Å². The van der Waals surface area contributed by atoms with Gasteiger partial charge in [0, 0.05) is 0 Å². The first-order chi connectivity index (χ1) is 4.62. The van der Waals surface area contributed by atoms with Gasteiger partial charge < -0.3 is 28.5 Å². The highest BCUT2D eigenvalue weighted by atomic mass is 127. The van der Waals surface area contributed by atoms with E-state index in [-0.39, 0.29) is 24.0 Å². The molecule has 0 aromatic carbocycles. The Hall–Kier alpha value is 0.180. The second-order valence-electron chi connectivity index (χ2n) is 3.29. The fraction of sp³-hybridized carbons (Fsp3) is 0.875. The van der Waals surface area contributed by atoms with Gasteiger partial charge in [-0.2, -0.15) is 5.26 Å². The minimum absolute atomic E-state index is 0. The number of hydrogen-bond donors (Lipinski definition) is 0. The maximum absolute atomic E-state index is 8.34. The summed E-state index contributed by atoms with van der Waals surface area (Å²) in [4.78, 5) is 0. The summed E-state index contributed by atoms with van der Waals surface area (Å²) in [6.45, 7) is 4.32. The van der Waals surface area contributed by atoms with Crippen LogP contribution < -0.4 is 24.0 Å². The Labute approximate surface area is 86.8 Å². The van der Waals surface area contributed by atoms with Crippen LogP contribution in [-0.4, -0.2) is 31.7 Å². The second kappa shape index (κ2) is 6.86. The number of nitriles is 1. The lowest BCUT2D eigenvalue weighted by Crippen LogP contribution is -3.00. The van der Waals surface area contributed by atoms with E-state index in [2.05, 4.69) is 27.1 Å². The van der Waals surface area contributed by atoms with Crippen LogP contribution in [0.3, 0.4) is 0 Å². The van der Waals surface area contributed by atoms with Crippen molar-refractivity contribution < 1.29 is 28.5 Å². The lowest BCUT2D eigenvalue weighted by Gasteiger charge is -2.28. The SMILES string of the molecule is CCC[N+](C)(C)CCC#N.[I-]. The molecule has 66 valence electrons. The smallest absolute Gasteiger partial charge is 0.0914 e. The van der Waals surface area contributed by atoms with Crippen molar-refractivity contribution in [2.75, 3.05) is 27.2 Å². The van der Waals surface area contributed by atoms with Gasteiger partial charge in [0.15, 0.2) is 0 Å². The van der Waals surface area contributed by atoms with Crippen LogP contribution in [0.4, 0.5) is 0 Å². The van der Waals surface area contributed by atoms with E-state index in [1.807, 2.05) is 0 Å². The molecular weight excluding hydrogens is 251 g/mol. The van der Waals surface area contributed by atoms with Gasteiger partial charge in [-0.1, -0.05) is 6.92 Å². The van der Waals surface area contributed by atoms with Crippen molar-refractivity contribution in [2.45, 2.75) is 19.8 Å². The van der Waals surface area contributed by atoms with Crippen LogP contribution in [0.2, 0.25) is 0 Å². The zero-order chi connectivity index (χ0) is 8.04. The molecular formula is C8H17IN2. The largest absolute Gasteiger partial charge is 1.00 e. The molecule has 3 heteroatoms. The molecule has 0 fully saturated rings. The van der Waals surface area contributed by atoms with Crippen LogP contribution in [0.1, 0.15) is 19.8 Å². The number of rotatable bonds is 4. The lowest BCUT2D eigenvalue weighted by molar-refractivity contribution is -0.889. The molecule has 0 saturated heterocycles. The average Bonchev–Trinajstić information content (AvgIpc) is 1.84. The summed E-state index contributed by atoms with van der Waals surface area (Å²) in [6, 6.07) is 2.17. The predicted octanol–water partition coefficient (Wildman–Crippen LogP) is -1.61. The van der Waals surface area contributed by atoms with Crippen LogP contribution in [-0.2, 0) is 0 Å². The van der Waals surface area contributed by atoms with Crippen molar-refractivity contribution in [1.29, 1.82) is 5.26 Å². The zero-order valence-electron chi connectivity index (χ0n) is 7.60. The highest BCUT2D eigenvalue weighted by Crippen LogP contribution is 1.99. The predicted molar refractivity (Wildman–Crippen MR) is 42.4 cm³/mol. The van der Waals surface area contributed by atoms with Gasteiger partial charge in [0.05, 0.1) is 39.7 Å². The molecule has 0 heterocycles. The topological polar surface area (TPSA) is 23.8 Å². The van der Waals surface area contributed by atoms with Crippen molar-refractivity contribution in [3.63, 3.8) is 0 Å². The van der Waals surface area contributed by atoms with E-state index >= 15 is 0 Å². The molecule has 0 amide bonds. The Balaban J connectivity index is 0. The molecule has 0 aliphatic carbocycles. The van der Waals surface area contributed by atoms with Gasteiger partial charge >= 0.3 is 0 Å². The lowest BCUT2D eigenvalue weighted by atomic mass is 10.3. The monoisotopic (exact) mass is 268 g/mol. The molecule has 0 aliphatic rings. The van der Waals surface area contributed by atoms with Crippen LogP contribution in [0, 0.1) is 11.3 Å². The standard InChI is InChI=1S/C8H17N2.HI/c1-4-7-10(2,3)8-5-6-9;/h4-5,7-8H2,1-3H3;1H/q+1;/p-1. The van der Waals surface area contributed by atoms with E-state index in [0.717, 1.165) is 11.0 Å². The summed E-state index contributed by atoms with van der Waals surface area (Å²) in [5.41, 5.74) is 0. The molecule has 0 N–H and O–H groups in total. The van der Waals surface area contributed by atoms with Gasteiger partial charge in [0.25, 0.3) is 0 Å². The fourth-order valence-corrected chi connectivity index (χ4v) is 1.07. The Kier molecular flexibility index (Phi) is 8.58. The summed E-state index contributed by atoms with van der Waals surface area (Å²) in [5, 5.41) is 8.34. The van der Waals surface area contributed by atoms with E-state index in [4.69, 9.17) is 5.26 Å². The van der Waals surface area contributed by atoms with Gasteiger partial charge in [-0.25, -0.2) is 0 Å². The molecule has 0 saturated carbocycles. The minimum atomic E-state index is 0. The van der Waals surface area contributed by atoms with Crippen LogP contribution in [0.5, 0.6) is 0 Å². The van der Waals surface area contributed by atoms with Gasteiger partial charge in [-0.3, -0.25) is 0 Å². The molecule has 0 spiro atoms. The molecule has 0 aromatic rings. The molecule has 0 radical (unpaired) electrons. The van der Waals surface area contributed by atoms with E-state index in [1.165, 1.54) is 13.0 Å². The molecule has 0 atom stereocenters. The first kappa shape index (κ1) is 13.7. The normalized spacial score (nSPS) is 10.0. The average molecular weight is 268 g/mol. The molecule has 11 heavy (non-hydrogen) atoms. The number of halogens is 1. The van der Waals surface area contributed by atoms with Gasteiger partial charge in [0.1, 0.15) is 0 Å². The van der Waals surface area contributed by atoms with Gasteiger partial charge in [-0.15, -0.1) is 0 Å². The maximum atomic E-state index is 8.34. The summed E-state index contributed by atoms with van der Waals surface area (Å²) < 4.78 is 0.976. The highest BCUT2D eigenvalue weighted by Gasteiger charge is 2.11. The highest BCUT2D eigenvalue weighted by molar-refractivity contribution is 4.67. The van der Waals surface area contributed by atoms with E-state index in [1.54, 1.807) is 0 Å². The fourth-order valence-electron chi connectivity index (χ4n) is 1.07. The molecule has 0 rings (SSSR count). The van der Waals surface area contributed by atoms with E-state index in [0.29, 0.717) is 6.42 Å².